The van der Waals surface area contributed by atoms with Gasteiger partial charge in [0, 0.05) is 25.1 Å². The van der Waals surface area contributed by atoms with Gasteiger partial charge in [0.05, 0.1) is 0 Å². The number of ketones is 1. The molecular weight excluding hydrogens is 212 g/mol. The topological polar surface area (TPSA) is 32.3 Å². The number of hydrogen-bond acceptors (Lipinski definition) is 3. The summed E-state index contributed by atoms with van der Waals surface area (Å²) in [6.07, 6.45) is 1.56. The Morgan fingerprint density at radius 3 is 2.59 bits per heavy atom. The van der Waals surface area contributed by atoms with E-state index in [4.69, 9.17) is 0 Å². The van der Waals surface area contributed by atoms with Crippen LogP contribution in [0.5, 0.6) is 0 Å². The van der Waals surface area contributed by atoms with Gasteiger partial charge in [-0.1, -0.05) is 30.3 Å². The molecule has 0 aliphatic heterocycles. The molecule has 17 heavy (non-hydrogen) atoms. The van der Waals surface area contributed by atoms with Gasteiger partial charge in [-0.25, -0.2) is 0 Å². The van der Waals surface area contributed by atoms with E-state index in [9.17, 15) is 4.79 Å². The third-order valence-electron chi connectivity index (χ3n) is 2.78. The molecule has 0 spiro atoms. The van der Waals surface area contributed by atoms with Crippen LogP contribution in [0, 0.1) is 0 Å². The van der Waals surface area contributed by atoms with Crippen molar-refractivity contribution in [1.82, 2.24) is 10.2 Å². The van der Waals surface area contributed by atoms with Crippen LogP contribution in [0.15, 0.2) is 30.3 Å². The second-order valence-corrected chi connectivity index (χ2v) is 4.30. The van der Waals surface area contributed by atoms with Crippen LogP contribution >= 0.6 is 0 Å². The highest BCUT2D eigenvalue weighted by molar-refractivity contribution is 5.95. The lowest BCUT2D eigenvalue weighted by Crippen LogP contribution is -2.28. The maximum atomic E-state index is 11.8. The maximum absolute atomic E-state index is 11.8. The summed E-state index contributed by atoms with van der Waals surface area (Å²) >= 11 is 0. The predicted octanol–water partition coefficient (Wildman–Crippen LogP) is 1.80. The van der Waals surface area contributed by atoms with E-state index in [1.807, 2.05) is 37.4 Å². The van der Waals surface area contributed by atoms with Crippen molar-refractivity contribution in [3.8, 4) is 0 Å². The van der Waals surface area contributed by atoms with Gasteiger partial charge in [0.1, 0.15) is 0 Å². The lowest BCUT2D eigenvalue weighted by atomic mass is 10.1. The van der Waals surface area contributed by atoms with Crippen LogP contribution in [0.1, 0.15) is 23.2 Å². The first-order valence-electron chi connectivity index (χ1n) is 6.15. The number of carbonyl (C=O) groups is 1. The average Bonchev–Trinajstić information content (AvgIpc) is 2.37. The smallest absolute Gasteiger partial charge is 0.162 e. The summed E-state index contributed by atoms with van der Waals surface area (Å²) < 4.78 is 0. The number of Topliss-reactive ketones (excluding diaryl/α,β-unsaturated/α-hetero) is 1. The summed E-state index contributed by atoms with van der Waals surface area (Å²) in [5, 5.41) is 3.12. The highest BCUT2D eigenvalue weighted by atomic mass is 16.1. The molecule has 1 N–H and O–H groups in total. The summed E-state index contributed by atoms with van der Waals surface area (Å²) in [4.78, 5) is 14.1. The minimum atomic E-state index is 0.243. The molecule has 94 valence electrons. The summed E-state index contributed by atoms with van der Waals surface area (Å²) in [6.45, 7) is 2.99. The Morgan fingerprint density at radius 1 is 1.24 bits per heavy atom. The van der Waals surface area contributed by atoms with Gasteiger partial charge < -0.3 is 10.2 Å². The van der Waals surface area contributed by atoms with Crippen LogP contribution in [-0.4, -0.2) is 44.4 Å². The molecule has 0 aliphatic rings. The minimum absolute atomic E-state index is 0.243. The molecule has 1 aromatic carbocycles. The lowest BCUT2D eigenvalue weighted by Gasteiger charge is -2.15. The molecule has 3 nitrogen and oxygen atoms in total. The molecule has 0 radical (unpaired) electrons. The zero-order chi connectivity index (χ0) is 12.5. The second kappa shape index (κ2) is 7.98. The Morgan fingerprint density at radius 2 is 1.94 bits per heavy atom. The number of hydrogen-bond donors (Lipinski definition) is 1. The number of carbonyl (C=O) groups excluding carboxylic acids is 1. The Labute approximate surface area is 104 Å². The molecule has 0 heterocycles. The van der Waals surface area contributed by atoms with Gasteiger partial charge in [-0.3, -0.25) is 4.79 Å². The largest absolute Gasteiger partial charge is 0.318 e. The SMILES string of the molecule is CNCCN(C)CCCC(=O)c1ccccc1. The van der Waals surface area contributed by atoms with E-state index in [0.29, 0.717) is 6.42 Å². The molecule has 0 unspecified atom stereocenters. The van der Waals surface area contributed by atoms with Gasteiger partial charge >= 0.3 is 0 Å². The van der Waals surface area contributed by atoms with Crippen LogP contribution in [-0.2, 0) is 0 Å². The van der Waals surface area contributed by atoms with Crippen molar-refractivity contribution in [2.24, 2.45) is 0 Å². The van der Waals surface area contributed by atoms with Gasteiger partial charge in [-0.2, -0.15) is 0 Å². The van der Waals surface area contributed by atoms with Crippen molar-refractivity contribution in [2.75, 3.05) is 33.7 Å². The first kappa shape index (κ1) is 13.9. The van der Waals surface area contributed by atoms with Gasteiger partial charge in [0.25, 0.3) is 0 Å². The first-order chi connectivity index (χ1) is 8.24. The third kappa shape index (κ3) is 5.61. The van der Waals surface area contributed by atoms with Crippen molar-refractivity contribution in [2.45, 2.75) is 12.8 Å². The normalized spacial score (nSPS) is 10.8. The predicted molar refractivity (Wildman–Crippen MR) is 71.4 cm³/mol. The van der Waals surface area contributed by atoms with E-state index in [-0.39, 0.29) is 5.78 Å². The molecular formula is C14H22N2O. The van der Waals surface area contributed by atoms with Gasteiger partial charge in [0.2, 0.25) is 0 Å². The highest BCUT2D eigenvalue weighted by Gasteiger charge is 2.05. The van der Waals surface area contributed by atoms with E-state index >= 15 is 0 Å². The zero-order valence-corrected chi connectivity index (χ0v) is 10.8. The number of benzene rings is 1. The van der Waals surface area contributed by atoms with Crippen molar-refractivity contribution >= 4 is 5.78 Å². The van der Waals surface area contributed by atoms with Crippen LogP contribution in [0.3, 0.4) is 0 Å². The summed E-state index contributed by atoms with van der Waals surface area (Å²) in [5.41, 5.74) is 0.824. The monoisotopic (exact) mass is 234 g/mol. The Balaban J connectivity index is 2.21. The number of nitrogens with one attached hydrogen (secondary N) is 1. The molecule has 0 saturated heterocycles. The van der Waals surface area contributed by atoms with E-state index in [0.717, 1.165) is 31.6 Å². The van der Waals surface area contributed by atoms with Crippen molar-refractivity contribution < 1.29 is 4.79 Å². The molecule has 0 bridgehead atoms. The fourth-order valence-corrected chi connectivity index (χ4v) is 1.69. The molecule has 1 aromatic rings. The number of nitrogens with zero attached hydrogens (tertiary/aromatic N) is 1. The lowest BCUT2D eigenvalue weighted by molar-refractivity contribution is 0.0976. The molecule has 0 saturated carbocycles. The molecule has 1 rings (SSSR count). The molecule has 0 amide bonds. The standard InChI is InChI=1S/C14H22N2O/c1-15-10-12-16(2)11-6-9-14(17)13-7-4-3-5-8-13/h3-5,7-8,15H,6,9-12H2,1-2H3. The van der Waals surface area contributed by atoms with E-state index in [1.54, 1.807) is 0 Å². The van der Waals surface area contributed by atoms with Crippen molar-refractivity contribution in [3.05, 3.63) is 35.9 Å². The summed E-state index contributed by atoms with van der Waals surface area (Å²) in [5.74, 6) is 0.243. The number of rotatable bonds is 8. The van der Waals surface area contributed by atoms with E-state index in [2.05, 4.69) is 17.3 Å². The Hall–Kier alpha value is -1.19. The fourth-order valence-electron chi connectivity index (χ4n) is 1.69. The van der Waals surface area contributed by atoms with Crippen LogP contribution < -0.4 is 5.32 Å². The van der Waals surface area contributed by atoms with E-state index < -0.39 is 0 Å². The Bertz CT molecular complexity index is 324. The molecule has 0 aromatic heterocycles. The van der Waals surface area contributed by atoms with Crippen LogP contribution in [0.2, 0.25) is 0 Å². The first-order valence-corrected chi connectivity index (χ1v) is 6.15. The molecule has 0 aliphatic carbocycles. The highest BCUT2D eigenvalue weighted by Crippen LogP contribution is 2.05. The zero-order valence-electron chi connectivity index (χ0n) is 10.8. The quantitative estimate of drug-likeness (QED) is 0.696. The van der Waals surface area contributed by atoms with Crippen LogP contribution in [0.4, 0.5) is 0 Å². The van der Waals surface area contributed by atoms with Crippen molar-refractivity contribution in [3.63, 3.8) is 0 Å². The average molecular weight is 234 g/mol. The summed E-state index contributed by atoms with van der Waals surface area (Å²) in [6, 6.07) is 9.51. The summed E-state index contributed by atoms with van der Waals surface area (Å²) in [7, 11) is 4.04. The van der Waals surface area contributed by atoms with Crippen molar-refractivity contribution in [1.29, 1.82) is 0 Å². The molecule has 0 atom stereocenters. The van der Waals surface area contributed by atoms with Crippen LogP contribution in [0.25, 0.3) is 0 Å². The van der Waals surface area contributed by atoms with E-state index in [1.165, 1.54) is 0 Å². The minimum Gasteiger partial charge on any atom is -0.318 e. The fraction of sp³-hybridized carbons (Fsp3) is 0.500. The molecule has 3 heteroatoms. The van der Waals surface area contributed by atoms with Gasteiger partial charge in [-0.15, -0.1) is 0 Å². The molecule has 0 fully saturated rings. The second-order valence-electron chi connectivity index (χ2n) is 4.30. The Kier molecular flexibility index (Phi) is 6.51. The number of likely N-dealkylation sites (N-methyl/N-ethyl adjacent to an activating group) is 2. The van der Waals surface area contributed by atoms with Gasteiger partial charge in [0.15, 0.2) is 5.78 Å². The maximum Gasteiger partial charge on any atom is 0.162 e. The third-order valence-corrected chi connectivity index (χ3v) is 2.78. The van der Waals surface area contributed by atoms with Gasteiger partial charge in [-0.05, 0) is 27.1 Å².